The van der Waals surface area contributed by atoms with E-state index >= 15 is 0 Å². The van der Waals surface area contributed by atoms with Crippen molar-refractivity contribution in [2.24, 2.45) is 17.3 Å². The molecule has 0 radical (unpaired) electrons. The normalized spacial score (nSPS) is 30.8. The molecule has 2 aromatic carbocycles. The lowest BCUT2D eigenvalue weighted by Gasteiger charge is -2.57. The van der Waals surface area contributed by atoms with Crippen LogP contribution in [0.15, 0.2) is 47.4 Å². The molecule has 1 amide bonds. The van der Waals surface area contributed by atoms with Gasteiger partial charge in [-0.1, -0.05) is 25.1 Å². The molecule has 1 heterocycles. The first-order valence-electron chi connectivity index (χ1n) is 14.1. The van der Waals surface area contributed by atoms with Gasteiger partial charge >= 0.3 is 18.0 Å². The van der Waals surface area contributed by atoms with Crippen molar-refractivity contribution in [1.29, 1.82) is 0 Å². The number of amides is 1. The molecule has 234 valence electrons. The number of fused-ring (bicyclic) bond motifs is 3. The molecule has 3 fully saturated rings. The van der Waals surface area contributed by atoms with Crippen molar-refractivity contribution in [3.05, 3.63) is 65.0 Å². The van der Waals surface area contributed by atoms with Crippen LogP contribution in [0.2, 0.25) is 0 Å². The fourth-order valence-corrected chi connectivity index (χ4v) is 10.8. The average Bonchev–Trinajstić information content (AvgIpc) is 3.29. The number of benzene rings is 2. The summed E-state index contributed by atoms with van der Waals surface area (Å²) >= 11 is 0. The number of halogens is 8. The van der Waals surface area contributed by atoms with Crippen LogP contribution in [-0.2, 0) is 31.5 Å². The van der Waals surface area contributed by atoms with E-state index in [1.54, 1.807) is 0 Å². The second-order valence-corrected chi connectivity index (χ2v) is 15.0. The van der Waals surface area contributed by atoms with E-state index in [1.165, 1.54) is 4.90 Å². The topological polar surface area (TPSA) is 54.5 Å². The lowest BCUT2D eigenvalue weighted by Crippen LogP contribution is -2.56. The lowest BCUT2D eigenvalue weighted by molar-refractivity contribution is -0.348. The molecule has 6 rings (SSSR count). The highest BCUT2D eigenvalue weighted by atomic mass is 32.2. The van der Waals surface area contributed by atoms with Crippen molar-refractivity contribution in [2.45, 2.75) is 85.6 Å². The Labute approximate surface area is 243 Å². The zero-order chi connectivity index (χ0) is 31.4. The molecular formula is C30H29F8NO3S. The van der Waals surface area contributed by atoms with E-state index in [1.807, 2.05) is 0 Å². The van der Waals surface area contributed by atoms with Gasteiger partial charge in [0.15, 0.2) is 9.84 Å². The van der Waals surface area contributed by atoms with Gasteiger partial charge in [0.25, 0.3) is 0 Å². The van der Waals surface area contributed by atoms with Crippen LogP contribution in [0.5, 0.6) is 0 Å². The van der Waals surface area contributed by atoms with Crippen molar-refractivity contribution < 1.29 is 48.3 Å². The molecular weight excluding hydrogens is 606 g/mol. The van der Waals surface area contributed by atoms with Gasteiger partial charge in [0.05, 0.1) is 10.9 Å². The number of rotatable bonds is 4. The number of alkyl halides is 7. The number of hydrogen-bond acceptors (Lipinski definition) is 3. The summed E-state index contributed by atoms with van der Waals surface area (Å²) in [5.74, 6) is -0.656. The number of nitrogens with zero attached hydrogens (tertiary/aromatic N) is 1. The van der Waals surface area contributed by atoms with Gasteiger partial charge in [-0.3, -0.25) is 4.79 Å². The molecule has 0 unspecified atom stereocenters. The van der Waals surface area contributed by atoms with E-state index in [4.69, 9.17) is 0 Å². The Morgan fingerprint density at radius 3 is 2.07 bits per heavy atom. The Bertz CT molecular complexity index is 1540. The largest absolute Gasteiger partial charge is 0.435 e. The molecule has 0 aromatic heterocycles. The second-order valence-electron chi connectivity index (χ2n) is 12.8. The van der Waals surface area contributed by atoms with Crippen LogP contribution in [0.3, 0.4) is 0 Å². The second kappa shape index (κ2) is 9.40. The van der Waals surface area contributed by atoms with Crippen LogP contribution in [0.1, 0.15) is 62.1 Å². The Balaban J connectivity index is 1.44. The van der Waals surface area contributed by atoms with Crippen LogP contribution in [0.25, 0.3) is 0 Å². The summed E-state index contributed by atoms with van der Waals surface area (Å²) in [4.78, 5) is 14.9. The maximum absolute atomic E-state index is 15.0. The lowest BCUT2D eigenvalue weighted by atomic mass is 9.48. The van der Waals surface area contributed by atoms with Gasteiger partial charge in [0.1, 0.15) is 10.6 Å². The highest BCUT2D eigenvalue weighted by Gasteiger charge is 2.74. The molecule has 2 saturated carbocycles. The number of carbonyl (C=O) groups excluding carboxylic acids is 1. The molecule has 4 nitrogen and oxygen atoms in total. The number of aryl methyl sites for hydroxylation is 1. The quantitative estimate of drug-likeness (QED) is 0.265. The smallest absolute Gasteiger partial charge is 0.337 e. The minimum Gasteiger partial charge on any atom is -0.337 e. The minimum atomic E-state index is -6.33. The number of sulfone groups is 1. The van der Waals surface area contributed by atoms with Gasteiger partial charge < -0.3 is 4.90 Å². The fraction of sp³-hybridized carbons (Fsp3) is 0.567. The summed E-state index contributed by atoms with van der Waals surface area (Å²) < 4.78 is 137. The van der Waals surface area contributed by atoms with Gasteiger partial charge in [0.2, 0.25) is 5.91 Å². The summed E-state index contributed by atoms with van der Waals surface area (Å²) in [5.41, 5.74) is -7.49. The monoisotopic (exact) mass is 635 g/mol. The van der Waals surface area contributed by atoms with Crippen LogP contribution >= 0.6 is 0 Å². The summed E-state index contributed by atoms with van der Waals surface area (Å²) in [6.07, 6.45) is -9.67. The molecule has 1 saturated heterocycles. The third-order valence-electron chi connectivity index (χ3n) is 10.2. The third kappa shape index (κ3) is 4.19. The summed E-state index contributed by atoms with van der Waals surface area (Å²) in [7, 11) is -4.50. The predicted molar refractivity (Wildman–Crippen MR) is 139 cm³/mol. The Morgan fingerprint density at radius 2 is 1.51 bits per heavy atom. The molecule has 2 atom stereocenters. The van der Waals surface area contributed by atoms with E-state index in [2.05, 4.69) is 6.92 Å². The highest BCUT2D eigenvalue weighted by molar-refractivity contribution is 7.92. The zero-order valence-corrected chi connectivity index (χ0v) is 23.9. The number of hydrogen-bond donors (Lipinski definition) is 0. The maximum Gasteiger partial charge on any atom is 0.435 e. The predicted octanol–water partition coefficient (Wildman–Crippen LogP) is 7.16. The van der Waals surface area contributed by atoms with Crippen LogP contribution in [0, 0.1) is 23.1 Å². The number of likely N-dealkylation sites (tertiary alicyclic amines) is 1. The summed E-state index contributed by atoms with van der Waals surface area (Å²) in [5, 5.41) is 0. The van der Waals surface area contributed by atoms with Crippen molar-refractivity contribution in [3.63, 3.8) is 0 Å². The van der Waals surface area contributed by atoms with Gasteiger partial charge in [-0.2, -0.15) is 26.3 Å². The molecule has 43 heavy (non-hydrogen) atoms. The van der Waals surface area contributed by atoms with E-state index < -0.39 is 50.0 Å². The van der Waals surface area contributed by atoms with Crippen LogP contribution in [-0.4, -0.2) is 44.2 Å². The maximum atomic E-state index is 15.0. The Hall–Kier alpha value is -2.70. The summed E-state index contributed by atoms with van der Waals surface area (Å²) in [6.45, 7) is 2.14. The van der Waals surface area contributed by atoms with Crippen LogP contribution in [0.4, 0.5) is 35.1 Å². The first kappa shape index (κ1) is 30.3. The van der Waals surface area contributed by atoms with Crippen LogP contribution < -0.4 is 0 Å². The number of carbonyl (C=O) groups is 1. The van der Waals surface area contributed by atoms with Gasteiger partial charge in [-0.05, 0) is 91.7 Å². The van der Waals surface area contributed by atoms with Crippen molar-refractivity contribution in [1.82, 2.24) is 4.90 Å². The molecule has 1 aliphatic heterocycles. The van der Waals surface area contributed by atoms with Crippen molar-refractivity contribution in [2.75, 3.05) is 6.54 Å². The van der Waals surface area contributed by atoms with E-state index in [0.717, 1.165) is 43.2 Å². The van der Waals surface area contributed by atoms with Crippen molar-refractivity contribution >= 4 is 15.7 Å². The third-order valence-corrected chi connectivity index (χ3v) is 12.8. The molecule has 13 heteroatoms. The minimum absolute atomic E-state index is 0.00314. The van der Waals surface area contributed by atoms with E-state index in [-0.39, 0.29) is 59.1 Å². The summed E-state index contributed by atoms with van der Waals surface area (Å²) in [6, 6.07) is 4.58. The molecule has 0 N–H and O–H groups in total. The highest BCUT2D eigenvalue weighted by Crippen LogP contribution is 2.62. The Morgan fingerprint density at radius 1 is 0.907 bits per heavy atom. The molecule has 1 spiro atoms. The molecule has 2 aromatic rings. The zero-order valence-electron chi connectivity index (χ0n) is 23.0. The van der Waals surface area contributed by atoms with Gasteiger partial charge in [0, 0.05) is 18.0 Å². The van der Waals surface area contributed by atoms with E-state index in [9.17, 15) is 48.3 Å². The average molecular weight is 636 g/mol. The van der Waals surface area contributed by atoms with Gasteiger partial charge in [-0.15, -0.1) is 0 Å². The molecule has 3 aliphatic carbocycles. The van der Waals surface area contributed by atoms with E-state index in [0.29, 0.717) is 30.9 Å². The van der Waals surface area contributed by atoms with Gasteiger partial charge in [-0.25, -0.2) is 17.2 Å². The standard InChI is InChI=1S/C30H29F8NO3S/c1-17-13-26(14-17)15-19(16-26)25(40)39-11-10-27(43(41,42)22-6-4-21(31)5-7-22)23-8-3-20(12-18(23)2-9-24(27)39)28(32,29(33,34)35)30(36,37)38/h3-8,12,17,19,24H,2,9-11,13-16H2,1H3/t17?,19?,24-,26?,27-/m1/s1. The fourth-order valence-electron chi connectivity index (χ4n) is 8.46. The first-order chi connectivity index (χ1) is 19.9. The SMILES string of the molecule is CC1CC2(C1)CC(C(=O)N1CC[C@@]3(S(=O)(=O)c4ccc(F)cc4)c4ccc(C(F)(C(F)(F)F)C(F)(F)F)cc4CC[C@@H]13)C2. The molecule has 0 bridgehead atoms. The Kier molecular flexibility index (Phi) is 6.63. The molecule has 4 aliphatic rings. The first-order valence-corrected chi connectivity index (χ1v) is 15.6. The van der Waals surface area contributed by atoms with Crippen molar-refractivity contribution in [3.8, 4) is 0 Å².